The first-order valence-electron chi connectivity index (χ1n) is 14.1. The van der Waals surface area contributed by atoms with Gasteiger partial charge in [0.1, 0.15) is 23.4 Å². The maximum atomic E-state index is 13.5. The van der Waals surface area contributed by atoms with Crippen LogP contribution < -0.4 is 4.90 Å². The molecule has 4 aliphatic heterocycles. The summed E-state index contributed by atoms with van der Waals surface area (Å²) in [5, 5.41) is 12.5. The Balaban J connectivity index is 1.24. The van der Waals surface area contributed by atoms with E-state index in [4.69, 9.17) is 9.98 Å². The number of amides is 1. The van der Waals surface area contributed by atoms with Crippen molar-refractivity contribution >= 4 is 28.2 Å². The summed E-state index contributed by atoms with van der Waals surface area (Å²) in [6.45, 7) is 7.37. The van der Waals surface area contributed by atoms with Crippen molar-refractivity contribution in [2.75, 3.05) is 44.7 Å². The monoisotopic (exact) mass is 564 g/mol. The highest BCUT2D eigenvalue weighted by Gasteiger charge is 2.54. The van der Waals surface area contributed by atoms with Gasteiger partial charge < -0.3 is 19.8 Å². The van der Waals surface area contributed by atoms with E-state index in [1.54, 1.807) is 28.4 Å². The largest absolute Gasteiger partial charge is 0.389 e. The van der Waals surface area contributed by atoms with Crippen LogP contribution in [0.25, 0.3) is 11.3 Å². The zero-order chi connectivity index (χ0) is 28.0. The van der Waals surface area contributed by atoms with Gasteiger partial charge in [0.15, 0.2) is 5.13 Å². The summed E-state index contributed by atoms with van der Waals surface area (Å²) in [6, 6.07) is 6.48. The van der Waals surface area contributed by atoms with E-state index in [9.17, 15) is 14.3 Å². The Labute approximate surface area is 239 Å². The molecule has 2 saturated heterocycles. The SMILES string of the molecule is CCC1(C2CCN(CC(=O)N3CC(O)C3)CC2)N=C2C=C(C)C=CN2C1N(C)c1nc(-c2ccc(F)cc2)cs1. The third kappa shape index (κ3) is 4.86. The lowest BCUT2D eigenvalue weighted by atomic mass is 9.74. The quantitative estimate of drug-likeness (QED) is 0.549. The highest BCUT2D eigenvalue weighted by molar-refractivity contribution is 7.14. The number of hydrogen-bond acceptors (Lipinski definition) is 8. The summed E-state index contributed by atoms with van der Waals surface area (Å²) >= 11 is 1.59. The lowest BCUT2D eigenvalue weighted by Crippen LogP contribution is -2.60. The number of anilines is 1. The van der Waals surface area contributed by atoms with Crippen molar-refractivity contribution in [3.63, 3.8) is 0 Å². The molecule has 1 N–H and O–H groups in total. The number of likely N-dealkylation sites (tertiary alicyclic amines) is 2. The van der Waals surface area contributed by atoms with E-state index in [0.717, 1.165) is 54.6 Å². The van der Waals surface area contributed by atoms with E-state index >= 15 is 0 Å². The lowest BCUT2D eigenvalue weighted by Gasteiger charge is -2.48. The number of benzene rings is 1. The smallest absolute Gasteiger partial charge is 0.236 e. The number of halogens is 1. The fourth-order valence-electron chi connectivity index (χ4n) is 6.61. The second-order valence-electron chi connectivity index (χ2n) is 11.4. The number of hydrogen-bond donors (Lipinski definition) is 1. The van der Waals surface area contributed by atoms with Crippen molar-refractivity contribution in [2.45, 2.75) is 50.9 Å². The molecule has 4 aliphatic rings. The Bertz CT molecular complexity index is 1340. The molecule has 1 aromatic carbocycles. The number of thiazole rings is 1. The molecule has 1 aromatic heterocycles. The minimum absolute atomic E-state index is 0.0407. The number of carbonyl (C=O) groups is 1. The van der Waals surface area contributed by atoms with Gasteiger partial charge in [-0.3, -0.25) is 14.7 Å². The number of β-amino-alcohol motifs (C(OH)–C–C–N with tert-alkyl or cyclic N) is 1. The number of aromatic nitrogens is 1. The molecule has 0 bridgehead atoms. The predicted molar refractivity (Wildman–Crippen MR) is 157 cm³/mol. The Hall–Kier alpha value is -3.08. The van der Waals surface area contributed by atoms with Gasteiger partial charge in [0.25, 0.3) is 0 Å². The van der Waals surface area contributed by atoms with Gasteiger partial charge in [-0.1, -0.05) is 6.92 Å². The molecule has 0 aliphatic carbocycles. The molecule has 2 unspecified atom stereocenters. The molecule has 5 heterocycles. The summed E-state index contributed by atoms with van der Waals surface area (Å²) < 4.78 is 13.5. The molecule has 2 atom stereocenters. The number of aliphatic hydroxyl groups excluding tert-OH is 1. The normalized spacial score (nSPS) is 25.5. The minimum Gasteiger partial charge on any atom is -0.389 e. The summed E-state index contributed by atoms with van der Waals surface area (Å²) in [5.74, 6) is 1.19. The number of likely N-dealkylation sites (N-methyl/N-ethyl adjacent to an activating group) is 1. The van der Waals surface area contributed by atoms with E-state index in [-0.39, 0.29) is 29.5 Å². The zero-order valence-electron chi connectivity index (χ0n) is 23.3. The molecule has 0 spiro atoms. The summed E-state index contributed by atoms with van der Waals surface area (Å²) in [4.78, 5) is 31.6. The minimum atomic E-state index is -0.371. The summed E-state index contributed by atoms with van der Waals surface area (Å²) in [5.41, 5.74) is 2.58. The molecule has 2 fully saturated rings. The molecule has 0 radical (unpaired) electrons. The van der Waals surface area contributed by atoms with E-state index < -0.39 is 0 Å². The van der Waals surface area contributed by atoms with E-state index in [1.807, 2.05) is 5.38 Å². The van der Waals surface area contributed by atoms with Crippen LogP contribution in [-0.2, 0) is 4.79 Å². The Morgan fingerprint density at radius 2 is 1.95 bits per heavy atom. The van der Waals surface area contributed by atoms with E-state index in [1.165, 1.54) is 17.7 Å². The van der Waals surface area contributed by atoms with Crippen LogP contribution in [0, 0.1) is 11.7 Å². The first kappa shape index (κ1) is 27.1. The van der Waals surface area contributed by atoms with E-state index in [0.29, 0.717) is 25.6 Å². The average molecular weight is 565 g/mol. The average Bonchev–Trinajstić information content (AvgIpc) is 3.55. The number of aliphatic imine (C=N–C) groups is 1. The molecule has 0 saturated carbocycles. The molecule has 6 rings (SSSR count). The number of aliphatic hydroxyl groups is 1. The van der Waals surface area contributed by atoms with Crippen molar-refractivity contribution in [1.29, 1.82) is 0 Å². The summed E-state index contributed by atoms with van der Waals surface area (Å²) in [7, 11) is 2.11. The van der Waals surface area contributed by atoms with Crippen molar-refractivity contribution in [2.24, 2.45) is 10.9 Å². The third-order valence-electron chi connectivity index (χ3n) is 8.89. The number of piperidine rings is 1. The topological polar surface area (TPSA) is 75.5 Å². The van der Waals surface area contributed by atoms with Gasteiger partial charge in [-0.25, -0.2) is 9.37 Å². The van der Waals surface area contributed by atoms with Crippen LogP contribution >= 0.6 is 11.3 Å². The van der Waals surface area contributed by atoms with Crippen LogP contribution in [0.2, 0.25) is 0 Å². The highest BCUT2D eigenvalue weighted by Crippen LogP contribution is 2.46. The van der Waals surface area contributed by atoms with Crippen LogP contribution in [0.4, 0.5) is 9.52 Å². The molecule has 10 heteroatoms. The lowest BCUT2D eigenvalue weighted by molar-refractivity contribution is -0.142. The van der Waals surface area contributed by atoms with Crippen LogP contribution in [0.15, 0.2) is 58.6 Å². The van der Waals surface area contributed by atoms with Crippen LogP contribution in [0.5, 0.6) is 0 Å². The van der Waals surface area contributed by atoms with Gasteiger partial charge >= 0.3 is 0 Å². The third-order valence-corrected chi connectivity index (χ3v) is 9.82. The Morgan fingerprint density at radius 1 is 1.23 bits per heavy atom. The number of carbonyl (C=O) groups excluding carboxylic acids is 1. The summed E-state index contributed by atoms with van der Waals surface area (Å²) in [6.07, 6.45) is 8.85. The standard InChI is InChI=1S/C30H37FN6O2S/c1-4-30(22-10-12-35(13-11-22)18-27(39)36-16-24(38)17-36)28(37-14-9-20(2)15-26(37)33-30)34(3)29-32-25(19-40-29)21-5-7-23(31)8-6-21/h5-9,14-15,19,22,24,28,38H,4,10-13,16-18H2,1-3H3. The van der Waals surface area contributed by atoms with Crippen LogP contribution in [0.1, 0.15) is 33.1 Å². The van der Waals surface area contributed by atoms with Crippen molar-refractivity contribution in [1.82, 2.24) is 19.7 Å². The Morgan fingerprint density at radius 3 is 2.62 bits per heavy atom. The second kappa shape index (κ2) is 10.7. The Kier molecular flexibility index (Phi) is 7.27. The number of allylic oxidation sites excluding steroid dienone is 2. The highest BCUT2D eigenvalue weighted by atomic mass is 32.1. The van der Waals surface area contributed by atoms with Crippen LogP contribution in [-0.4, -0.2) is 94.1 Å². The maximum absolute atomic E-state index is 13.5. The van der Waals surface area contributed by atoms with Crippen molar-refractivity contribution < 1.29 is 14.3 Å². The van der Waals surface area contributed by atoms with Crippen molar-refractivity contribution in [3.8, 4) is 11.3 Å². The fraction of sp³-hybridized carbons (Fsp3) is 0.500. The van der Waals surface area contributed by atoms with Gasteiger partial charge in [0, 0.05) is 37.3 Å². The molecule has 212 valence electrons. The number of fused-ring (bicyclic) bond motifs is 1. The predicted octanol–water partition coefficient (Wildman–Crippen LogP) is 3.96. The first-order valence-corrected chi connectivity index (χ1v) is 15.0. The van der Waals surface area contributed by atoms with Gasteiger partial charge in [-0.05, 0) is 87.2 Å². The number of rotatable bonds is 7. The molecule has 8 nitrogen and oxygen atoms in total. The van der Waals surface area contributed by atoms with Gasteiger partial charge in [-0.2, -0.15) is 0 Å². The zero-order valence-corrected chi connectivity index (χ0v) is 24.1. The molecule has 1 amide bonds. The molecular formula is C30H37FN6O2S. The number of nitrogens with zero attached hydrogens (tertiary/aromatic N) is 6. The number of amidine groups is 1. The van der Waals surface area contributed by atoms with Gasteiger partial charge in [0.05, 0.1) is 18.3 Å². The van der Waals surface area contributed by atoms with Gasteiger partial charge in [-0.15, -0.1) is 11.3 Å². The van der Waals surface area contributed by atoms with Crippen molar-refractivity contribution in [3.05, 3.63) is 59.4 Å². The second-order valence-corrected chi connectivity index (χ2v) is 12.3. The first-order chi connectivity index (χ1) is 19.3. The van der Waals surface area contributed by atoms with Gasteiger partial charge in [0.2, 0.25) is 5.91 Å². The molecular weight excluding hydrogens is 527 g/mol. The fourth-order valence-corrected chi connectivity index (χ4v) is 7.43. The van der Waals surface area contributed by atoms with Crippen LogP contribution in [0.3, 0.4) is 0 Å². The molecule has 40 heavy (non-hydrogen) atoms. The molecule has 2 aromatic rings. The maximum Gasteiger partial charge on any atom is 0.236 e. The van der Waals surface area contributed by atoms with E-state index in [2.05, 4.69) is 53.9 Å².